The van der Waals surface area contributed by atoms with Crippen molar-refractivity contribution in [3.05, 3.63) is 42.0 Å². The van der Waals surface area contributed by atoms with Gasteiger partial charge in [0.1, 0.15) is 0 Å². The zero-order valence-corrected chi connectivity index (χ0v) is 14.4. The van der Waals surface area contributed by atoms with Gasteiger partial charge in [-0.3, -0.25) is 0 Å². The zero-order chi connectivity index (χ0) is 16.9. The van der Waals surface area contributed by atoms with Crippen LogP contribution in [0.3, 0.4) is 0 Å². The summed E-state index contributed by atoms with van der Waals surface area (Å²) in [5.74, 6) is -0.323. The fraction of sp³-hybridized carbons (Fsp3) is 0.471. The van der Waals surface area contributed by atoms with Gasteiger partial charge in [-0.05, 0) is 25.3 Å². The first kappa shape index (κ1) is 17.7. The Morgan fingerprint density at radius 3 is 2.78 bits per heavy atom. The van der Waals surface area contributed by atoms with Crippen LogP contribution in [0.2, 0.25) is 0 Å². The van der Waals surface area contributed by atoms with Gasteiger partial charge in [-0.2, -0.15) is 22.3 Å². The molecule has 1 aromatic carbocycles. The van der Waals surface area contributed by atoms with Crippen molar-refractivity contribution in [1.29, 1.82) is 5.26 Å². The second-order valence-corrected chi connectivity index (χ2v) is 7.90. The number of nitriles is 1. The van der Waals surface area contributed by atoms with Crippen molar-refractivity contribution in [2.75, 3.05) is 20.1 Å². The Morgan fingerprint density at radius 2 is 2.13 bits per heavy atom. The van der Waals surface area contributed by atoms with Crippen molar-refractivity contribution in [1.82, 2.24) is 8.61 Å². The summed E-state index contributed by atoms with van der Waals surface area (Å²) in [6.45, 7) is 2.46. The molecular weight excluding hydrogens is 310 g/mol. The first-order valence-corrected chi connectivity index (χ1v) is 9.21. The molecule has 1 heterocycles. The molecule has 0 bridgehead atoms. The molecule has 2 rings (SSSR count). The second kappa shape index (κ2) is 7.73. The molecule has 124 valence electrons. The minimum Gasteiger partial charge on any atom is -0.198 e. The van der Waals surface area contributed by atoms with E-state index in [0.717, 1.165) is 18.4 Å². The van der Waals surface area contributed by atoms with Crippen molar-refractivity contribution >= 4 is 16.3 Å². The minimum absolute atomic E-state index is 0.125. The molecule has 23 heavy (non-hydrogen) atoms. The van der Waals surface area contributed by atoms with E-state index in [0.29, 0.717) is 6.54 Å². The van der Waals surface area contributed by atoms with Gasteiger partial charge in [-0.25, -0.2) is 0 Å². The lowest BCUT2D eigenvalue weighted by molar-refractivity contribution is 0.359. The molecule has 1 aliphatic heterocycles. The van der Waals surface area contributed by atoms with E-state index in [4.69, 9.17) is 5.26 Å². The summed E-state index contributed by atoms with van der Waals surface area (Å²) in [5, 5.41) is 8.88. The van der Waals surface area contributed by atoms with Crippen LogP contribution in [0, 0.1) is 17.2 Å². The van der Waals surface area contributed by atoms with Crippen LogP contribution in [0.15, 0.2) is 36.4 Å². The molecular formula is C17H23N3O2S. The average molecular weight is 333 g/mol. The smallest absolute Gasteiger partial charge is 0.198 e. The first-order valence-electron chi connectivity index (χ1n) is 7.81. The third-order valence-corrected chi connectivity index (χ3v) is 5.98. The van der Waals surface area contributed by atoms with Gasteiger partial charge >= 0.3 is 0 Å². The van der Waals surface area contributed by atoms with E-state index in [1.54, 1.807) is 14.0 Å². The second-order valence-electron chi connectivity index (χ2n) is 5.91. The quantitative estimate of drug-likeness (QED) is 0.803. The van der Waals surface area contributed by atoms with Gasteiger partial charge in [-0.15, -0.1) is 0 Å². The fourth-order valence-electron chi connectivity index (χ4n) is 2.73. The lowest BCUT2D eigenvalue weighted by Gasteiger charge is -2.28. The highest BCUT2D eigenvalue weighted by Crippen LogP contribution is 2.24. The summed E-state index contributed by atoms with van der Waals surface area (Å²) in [6.07, 6.45) is 5.60. The largest absolute Gasteiger partial charge is 0.282 e. The van der Waals surface area contributed by atoms with Crippen molar-refractivity contribution in [2.45, 2.75) is 25.8 Å². The molecule has 1 fully saturated rings. The molecule has 0 aliphatic carbocycles. The Hall–Kier alpha value is -1.68. The van der Waals surface area contributed by atoms with Gasteiger partial charge in [0.05, 0.1) is 12.0 Å². The lowest BCUT2D eigenvalue weighted by atomic mass is 10.1. The van der Waals surface area contributed by atoms with Crippen LogP contribution in [-0.2, 0) is 10.2 Å². The third kappa shape index (κ3) is 4.41. The molecule has 0 aromatic heterocycles. The molecule has 0 radical (unpaired) electrons. The van der Waals surface area contributed by atoms with E-state index in [1.807, 2.05) is 42.5 Å². The Kier molecular flexibility index (Phi) is 5.94. The molecule has 0 saturated carbocycles. The van der Waals surface area contributed by atoms with Gasteiger partial charge in [0.25, 0.3) is 10.2 Å². The Balaban J connectivity index is 2.11. The molecule has 0 unspecified atom stereocenters. The van der Waals surface area contributed by atoms with Crippen LogP contribution in [0.25, 0.3) is 6.08 Å². The summed E-state index contributed by atoms with van der Waals surface area (Å²) in [5.41, 5.74) is 1.06. The lowest BCUT2D eigenvalue weighted by Crippen LogP contribution is -2.45. The maximum absolute atomic E-state index is 12.7. The first-order chi connectivity index (χ1) is 10.9. The zero-order valence-electron chi connectivity index (χ0n) is 13.6. The standard InChI is InChI=1S/C17H23N3O2S/c1-15(13-18)14-19(2)23(21,22)20-12-6-9-17(20)11-10-16-7-4-3-5-8-16/h3-5,7-8,10-11,15,17H,6,9,12,14H2,1-2H3/b11-10+/t15-,17+/m0/s1. The van der Waals surface area contributed by atoms with Crippen LogP contribution < -0.4 is 0 Å². The molecule has 2 atom stereocenters. The van der Waals surface area contributed by atoms with Crippen LogP contribution in [-0.4, -0.2) is 43.2 Å². The van der Waals surface area contributed by atoms with Crippen molar-refractivity contribution < 1.29 is 8.42 Å². The summed E-state index contributed by atoms with van der Waals surface area (Å²) in [4.78, 5) is 0. The molecule has 0 N–H and O–H groups in total. The third-order valence-electron chi connectivity index (χ3n) is 4.00. The van der Waals surface area contributed by atoms with E-state index in [-0.39, 0.29) is 18.5 Å². The summed E-state index contributed by atoms with van der Waals surface area (Å²) >= 11 is 0. The number of benzene rings is 1. The van der Waals surface area contributed by atoms with Crippen LogP contribution >= 0.6 is 0 Å². The molecule has 6 heteroatoms. The van der Waals surface area contributed by atoms with E-state index in [9.17, 15) is 8.42 Å². The average Bonchev–Trinajstić information content (AvgIpc) is 3.03. The highest BCUT2D eigenvalue weighted by atomic mass is 32.2. The van der Waals surface area contributed by atoms with E-state index < -0.39 is 10.2 Å². The topological polar surface area (TPSA) is 64.4 Å². The van der Waals surface area contributed by atoms with Crippen molar-refractivity contribution in [2.24, 2.45) is 5.92 Å². The molecule has 1 aliphatic rings. The monoisotopic (exact) mass is 333 g/mol. The van der Waals surface area contributed by atoms with E-state index >= 15 is 0 Å². The van der Waals surface area contributed by atoms with Gasteiger partial charge in [0, 0.05) is 26.2 Å². The number of nitrogens with zero attached hydrogens (tertiary/aromatic N) is 3. The number of hydrogen-bond donors (Lipinski definition) is 0. The Bertz CT molecular complexity index is 680. The van der Waals surface area contributed by atoms with Gasteiger partial charge in [0.15, 0.2) is 0 Å². The van der Waals surface area contributed by atoms with Gasteiger partial charge in [-0.1, -0.05) is 42.5 Å². The molecule has 0 amide bonds. The molecule has 1 aromatic rings. The highest BCUT2D eigenvalue weighted by Gasteiger charge is 2.35. The van der Waals surface area contributed by atoms with E-state index in [1.165, 1.54) is 8.61 Å². The number of hydrogen-bond acceptors (Lipinski definition) is 3. The minimum atomic E-state index is -3.53. The van der Waals surface area contributed by atoms with Crippen LogP contribution in [0.1, 0.15) is 25.3 Å². The predicted molar refractivity (Wildman–Crippen MR) is 91.5 cm³/mol. The summed E-state index contributed by atoms with van der Waals surface area (Å²) in [7, 11) is -1.99. The van der Waals surface area contributed by atoms with E-state index in [2.05, 4.69) is 6.07 Å². The van der Waals surface area contributed by atoms with Crippen LogP contribution in [0.4, 0.5) is 0 Å². The summed E-state index contributed by atoms with van der Waals surface area (Å²) in [6, 6.07) is 11.8. The van der Waals surface area contributed by atoms with Crippen LogP contribution in [0.5, 0.6) is 0 Å². The molecule has 0 spiro atoms. The molecule has 5 nitrogen and oxygen atoms in total. The normalized spacial score (nSPS) is 20.9. The Labute approximate surface area is 139 Å². The van der Waals surface area contributed by atoms with Gasteiger partial charge < -0.3 is 0 Å². The van der Waals surface area contributed by atoms with Gasteiger partial charge in [0.2, 0.25) is 0 Å². The van der Waals surface area contributed by atoms with Crippen molar-refractivity contribution in [3.63, 3.8) is 0 Å². The summed E-state index contributed by atoms with van der Waals surface area (Å²) < 4.78 is 28.3. The predicted octanol–water partition coefficient (Wildman–Crippen LogP) is 2.50. The maximum Gasteiger partial charge on any atom is 0.282 e. The maximum atomic E-state index is 12.7. The fourth-order valence-corrected chi connectivity index (χ4v) is 4.38. The SMILES string of the molecule is C[C@@H](C#N)CN(C)S(=O)(=O)N1CCC[C@@H]1/C=C/c1ccccc1. The number of rotatable bonds is 6. The molecule has 1 saturated heterocycles. The van der Waals surface area contributed by atoms with Crippen molar-refractivity contribution in [3.8, 4) is 6.07 Å². The highest BCUT2D eigenvalue weighted by molar-refractivity contribution is 7.86. The Morgan fingerprint density at radius 1 is 1.43 bits per heavy atom.